The van der Waals surface area contributed by atoms with Crippen molar-refractivity contribution in [1.29, 1.82) is 0 Å². The Morgan fingerprint density at radius 3 is 2.53 bits per heavy atom. The quantitative estimate of drug-likeness (QED) is 0.828. The third-order valence-corrected chi connectivity index (χ3v) is 3.13. The van der Waals surface area contributed by atoms with E-state index in [2.05, 4.69) is 31.9 Å². The van der Waals surface area contributed by atoms with Gasteiger partial charge in [0.05, 0.1) is 0 Å². The van der Waals surface area contributed by atoms with Gasteiger partial charge >= 0.3 is 0 Å². The number of rotatable bonds is 3. The molecule has 0 amide bonds. The highest BCUT2D eigenvalue weighted by Gasteiger charge is 1.99. The van der Waals surface area contributed by atoms with E-state index in [0.717, 1.165) is 25.9 Å². The number of anilines is 1. The molecule has 2 aromatic carbocycles. The second-order valence-electron chi connectivity index (χ2n) is 3.64. The molecule has 0 unspecified atom stereocenters. The van der Waals surface area contributed by atoms with Crippen molar-refractivity contribution in [3.8, 4) is 5.75 Å². The maximum absolute atomic E-state index is 5.76. The van der Waals surface area contributed by atoms with Crippen LogP contribution >= 0.6 is 31.9 Å². The van der Waals surface area contributed by atoms with Crippen LogP contribution in [-0.2, 0) is 6.61 Å². The van der Waals surface area contributed by atoms with Crippen LogP contribution in [0.15, 0.2) is 51.4 Å². The molecule has 0 aliphatic rings. The van der Waals surface area contributed by atoms with Crippen LogP contribution in [0.3, 0.4) is 0 Å². The molecule has 2 nitrogen and oxygen atoms in total. The fourth-order valence-electron chi connectivity index (χ4n) is 1.48. The topological polar surface area (TPSA) is 35.2 Å². The van der Waals surface area contributed by atoms with Crippen molar-refractivity contribution in [1.82, 2.24) is 0 Å². The van der Waals surface area contributed by atoms with E-state index in [1.54, 1.807) is 0 Å². The van der Waals surface area contributed by atoms with Crippen molar-refractivity contribution in [2.45, 2.75) is 6.61 Å². The predicted molar refractivity (Wildman–Crippen MR) is 77.0 cm³/mol. The van der Waals surface area contributed by atoms with Crippen molar-refractivity contribution in [2.75, 3.05) is 5.73 Å². The van der Waals surface area contributed by atoms with E-state index in [1.165, 1.54) is 0 Å². The third kappa shape index (κ3) is 3.75. The average Bonchev–Trinajstić information content (AvgIpc) is 2.25. The lowest BCUT2D eigenvalue weighted by Crippen LogP contribution is -1.97. The molecule has 0 saturated heterocycles. The molecule has 88 valence electrons. The summed E-state index contributed by atoms with van der Waals surface area (Å²) in [5, 5.41) is 0. The zero-order valence-electron chi connectivity index (χ0n) is 8.99. The fourth-order valence-corrected chi connectivity index (χ4v) is 2.42. The maximum atomic E-state index is 5.76. The van der Waals surface area contributed by atoms with Gasteiger partial charge in [0.15, 0.2) is 0 Å². The number of benzene rings is 2. The highest BCUT2D eigenvalue weighted by molar-refractivity contribution is 9.10. The molecule has 0 radical (unpaired) electrons. The molecule has 0 bridgehead atoms. The van der Waals surface area contributed by atoms with Crippen LogP contribution in [0.5, 0.6) is 5.75 Å². The van der Waals surface area contributed by atoms with Gasteiger partial charge in [-0.05, 0) is 42.0 Å². The molecule has 0 aliphatic carbocycles. The molecule has 2 rings (SSSR count). The fraction of sp³-hybridized carbons (Fsp3) is 0.0769. The molecule has 0 aromatic heterocycles. The second kappa shape index (κ2) is 5.56. The largest absolute Gasteiger partial charge is 0.489 e. The minimum absolute atomic E-state index is 0.500. The zero-order valence-corrected chi connectivity index (χ0v) is 12.2. The smallest absolute Gasteiger partial charge is 0.120 e. The first-order chi connectivity index (χ1) is 8.13. The molecule has 0 spiro atoms. The first-order valence-corrected chi connectivity index (χ1v) is 6.65. The van der Waals surface area contributed by atoms with Crippen molar-refractivity contribution in [2.24, 2.45) is 0 Å². The minimum Gasteiger partial charge on any atom is -0.489 e. The molecule has 2 aromatic rings. The van der Waals surface area contributed by atoms with E-state index in [4.69, 9.17) is 10.5 Å². The molecule has 4 heteroatoms. The molecule has 17 heavy (non-hydrogen) atoms. The number of nitrogens with two attached hydrogens (primary N) is 1. The second-order valence-corrected chi connectivity index (χ2v) is 5.47. The monoisotopic (exact) mass is 355 g/mol. The summed E-state index contributed by atoms with van der Waals surface area (Å²) in [7, 11) is 0. The van der Waals surface area contributed by atoms with Gasteiger partial charge in [0.2, 0.25) is 0 Å². The SMILES string of the molecule is Nc1cc(Br)cc(COc2cccc(Br)c2)c1. The van der Waals surface area contributed by atoms with Crippen molar-refractivity contribution >= 4 is 37.5 Å². The van der Waals surface area contributed by atoms with Gasteiger partial charge in [-0.3, -0.25) is 0 Å². The van der Waals surface area contributed by atoms with Gasteiger partial charge in [0, 0.05) is 14.6 Å². The zero-order chi connectivity index (χ0) is 12.3. The van der Waals surface area contributed by atoms with Crippen molar-refractivity contribution < 1.29 is 4.74 Å². The number of hydrogen-bond acceptors (Lipinski definition) is 2. The van der Waals surface area contributed by atoms with E-state index in [9.17, 15) is 0 Å². The van der Waals surface area contributed by atoms with Gasteiger partial charge in [-0.2, -0.15) is 0 Å². The molecule has 0 aliphatic heterocycles. The van der Waals surface area contributed by atoms with Crippen LogP contribution in [0.1, 0.15) is 5.56 Å². The molecule has 0 saturated carbocycles. The molecule has 0 atom stereocenters. The molecular weight excluding hydrogens is 346 g/mol. The maximum Gasteiger partial charge on any atom is 0.120 e. The summed E-state index contributed by atoms with van der Waals surface area (Å²) in [6.45, 7) is 0.500. The van der Waals surface area contributed by atoms with Gasteiger partial charge in [0.25, 0.3) is 0 Å². The Hall–Kier alpha value is -1.00. The summed E-state index contributed by atoms with van der Waals surface area (Å²) in [5.74, 6) is 0.831. The molecular formula is C13H11Br2NO. The van der Waals surface area contributed by atoms with Crippen LogP contribution in [-0.4, -0.2) is 0 Å². The van der Waals surface area contributed by atoms with Gasteiger partial charge < -0.3 is 10.5 Å². The predicted octanol–water partition coefficient (Wildman–Crippen LogP) is 4.37. The third-order valence-electron chi connectivity index (χ3n) is 2.18. The van der Waals surface area contributed by atoms with Crippen LogP contribution in [0.25, 0.3) is 0 Å². The summed E-state index contributed by atoms with van der Waals surface area (Å²) in [4.78, 5) is 0. The lowest BCUT2D eigenvalue weighted by atomic mass is 10.2. The van der Waals surface area contributed by atoms with Gasteiger partial charge in [-0.25, -0.2) is 0 Å². The van der Waals surface area contributed by atoms with Crippen LogP contribution in [0, 0.1) is 0 Å². The summed E-state index contributed by atoms with van der Waals surface area (Å²) in [6, 6.07) is 13.5. The summed E-state index contributed by atoms with van der Waals surface area (Å²) in [5.41, 5.74) is 7.53. The first kappa shape index (κ1) is 12.5. The van der Waals surface area contributed by atoms with Crippen LogP contribution in [0.4, 0.5) is 5.69 Å². The van der Waals surface area contributed by atoms with E-state index in [-0.39, 0.29) is 0 Å². The van der Waals surface area contributed by atoms with Crippen LogP contribution in [0.2, 0.25) is 0 Å². The Balaban J connectivity index is 2.07. The standard InChI is InChI=1S/C13H11Br2NO/c14-10-2-1-3-13(7-10)17-8-9-4-11(15)6-12(16)5-9/h1-7H,8,16H2. The highest BCUT2D eigenvalue weighted by atomic mass is 79.9. The van der Waals surface area contributed by atoms with Crippen molar-refractivity contribution in [3.05, 3.63) is 57.0 Å². The summed E-state index contributed by atoms with van der Waals surface area (Å²) < 4.78 is 7.64. The Labute approximate surface area is 117 Å². The van der Waals surface area contributed by atoms with Crippen molar-refractivity contribution in [3.63, 3.8) is 0 Å². The Morgan fingerprint density at radius 1 is 1.00 bits per heavy atom. The Bertz CT molecular complexity index is 508. The summed E-state index contributed by atoms with van der Waals surface area (Å²) >= 11 is 6.81. The molecule has 0 heterocycles. The first-order valence-electron chi connectivity index (χ1n) is 5.07. The van der Waals surface area contributed by atoms with E-state index < -0.39 is 0 Å². The van der Waals surface area contributed by atoms with Gasteiger partial charge in [-0.15, -0.1) is 0 Å². The summed E-state index contributed by atoms with van der Waals surface area (Å²) in [6.07, 6.45) is 0. The van der Waals surface area contributed by atoms with Gasteiger partial charge in [-0.1, -0.05) is 37.9 Å². The minimum atomic E-state index is 0.500. The molecule has 0 fully saturated rings. The van der Waals surface area contributed by atoms with Gasteiger partial charge in [0.1, 0.15) is 12.4 Å². The number of nitrogen functional groups attached to an aromatic ring is 1. The van der Waals surface area contributed by atoms with E-state index >= 15 is 0 Å². The Morgan fingerprint density at radius 2 is 1.82 bits per heavy atom. The average molecular weight is 357 g/mol. The molecule has 2 N–H and O–H groups in total. The number of hydrogen-bond donors (Lipinski definition) is 1. The number of ether oxygens (including phenoxy) is 1. The normalized spacial score (nSPS) is 10.2. The Kier molecular flexibility index (Phi) is 4.07. The lowest BCUT2D eigenvalue weighted by molar-refractivity contribution is 0.306. The van der Waals surface area contributed by atoms with E-state index in [0.29, 0.717) is 6.61 Å². The number of halogens is 2. The lowest BCUT2D eigenvalue weighted by Gasteiger charge is -2.07. The van der Waals surface area contributed by atoms with E-state index in [1.807, 2.05) is 42.5 Å². The highest BCUT2D eigenvalue weighted by Crippen LogP contribution is 2.21. The van der Waals surface area contributed by atoms with Crippen LogP contribution < -0.4 is 10.5 Å².